The van der Waals surface area contributed by atoms with Gasteiger partial charge in [-0.25, -0.2) is 4.79 Å². The molecule has 27 heavy (non-hydrogen) atoms. The number of esters is 1. The highest BCUT2D eigenvalue weighted by atomic mass is 16.5. The summed E-state index contributed by atoms with van der Waals surface area (Å²) in [6.07, 6.45) is 3.51. The summed E-state index contributed by atoms with van der Waals surface area (Å²) in [7, 11) is 3.14. The number of hydrogen-bond donors (Lipinski definition) is 1. The fourth-order valence-corrected chi connectivity index (χ4v) is 2.37. The molecule has 1 aromatic carbocycles. The molecule has 0 bridgehead atoms. The average molecular weight is 369 g/mol. The first-order valence-electron chi connectivity index (χ1n) is 8.21. The Morgan fingerprint density at radius 1 is 1.19 bits per heavy atom. The second-order valence-electron chi connectivity index (χ2n) is 5.78. The van der Waals surface area contributed by atoms with Gasteiger partial charge < -0.3 is 19.2 Å². The lowest BCUT2D eigenvalue weighted by molar-refractivity contribution is 0.0600. The number of ether oxygens (including phenoxy) is 2. The van der Waals surface area contributed by atoms with Crippen molar-refractivity contribution < 1.29 is 23.5 Å². The second-order valence-corrected chi connectivity index (χ2v) is 5.78. The molecule has 0 spiro atoms. The standard InChI is InChI=1S/C19H19N3O5/c1-22-11-13(10-21-22)9-20-18(23)17-8-7-16(27-17)12-26-15-5-3-14(4-6-15)19(24)25-2/h3-8,10-11H,9,12H2,1-2H3,(H,20,23). The summed E-state index contributed by atoms with van der Waals surface area (Å²) in [5.41, 5.74) is 1.34. The monoisotopic (exact) mass is 369 g/mol. The number of amides is 1. The van der Waals surface area contributed by atoms with Crippen LogP contribution in [0.3, 0.4) is 0 Å². The van der Waals surface area contributed by atoms with Gasteiger partial charge in [-0.15, -0.1) is 0 Å². The Balaban J connectivity index is 1.51. The van der Waals surface area contributed by atoms with E-state index >= 15 is 0 Å². The lowest BCUT2D eigenvalue weighted by atomic mass is 10.2. The van der Waals surface area contributed by atoms with Gasteiger partial charge >= 0.3 is 5.97 Å². The summed E-state index contributed by atoms with van der Waals surface area (Å²) in [5, 5.41) is 6.81. The number of furan rings is 1. The van der Waals surface area contributed by atoms with E-state index in [-0.39, 0.29) is 18.3 Å². The summed E-state index contributed by atoms with van der Waals surface area (Å²) in [6.45, 7) is 0.527. The summed E-state index contributed by atoms with van der Waals surface area (Å²) >= 11 is 0. The Morgan fingerprint density at radius 3 is 2.63 bits per heavy atom. The number of methoxy groups -OCH3 is 1. The third-order valence-corrected chi connectivity index (χ3v) is 3.75. The highest BCUT2D eigenvalue weighted by Gasteiger charge is 2.12. The van der Waals surface area contributed by atoms with Crippen LogP contribution in [0.5, 0.6) is 5.75 Å². The fraction of sp³-hybridized carbons (Fsp3) is 0.211. The number of nitrogens with zero attached hydrogens (tertiary/aromatic N) is 2. The molecule has 0 atom stereocenters. The SMILES string of the molecule is COC(=O)c1ccc(OCc2ccc(C(=O)NCc3cnn(C)c3)o2)cc1. The zero-order valence-corrected chi connectivity index (χ0v) is 15.0. The van der Waals surface area contributed by atoms with Crippen molar-refractivity contribution in [2.75, 3.05) is 7.11 Å². The van der Waals surface area contributed by atoms with Gasteiger partial charge in [0.15, 0.2) is 5.76 Å². The van der Waals surface area contributed by atoms with E-state index in [4.69, 9.17) is 9.15 Å². The highest BCUT2D eigenvalue weighted by molar-refractivity contribution is 5.91. The summed E-state index contributed by atoms with van der Waals surface area (Å²) < 4.78 is 17.4. The minimum Gasteiger partial charge on any atom is -0.486 e. The topological polar surface area (TPSA) is 95.6 Å². The van der Waals surface area contributed by atoms with Crippen molar-refractivity contribution in [1.82, 2.24) is 15.1 Å². The van der Waals surface area contributed by atoms with Gasteiger partial charge in [0.05, 0.1) is 18.9 Å². The quantitative estimate of drug-likeness (QED) is 0.642. The van der Waals surface area contributed by atoms with E-state index in [0.717, 1.165) is 5.56 Å². The molecule has 2 heterocycles. The number of benzene rings is 1. The van der Waals surface area contributed by atoms with Crippen LogP contribution >= 0.6 is 0 Å². The van der Waals surface area contributed by atoms with Gasteiger partial charge in [0.2, 0.25) is 0 Å². The van der Waals surface area contributed by atoms with Gasteiger partial charge in [-0.2, -0.15) is 5.10 Å². The van der Waals surface area contributed by atoms with Crippen molar-refractivity contribution in [2.24, 2.45) is 7.05 Å². The van der Waals surface area contributed by atoms with Crippen LogP contribution in [0.25, 0.3) is 0 Å². The molecule has 0 radical (unpaired) electrons. The molecule has 0 aliphatic heterocycles. The molecule has 0 unspecified atom stereocenters. The van der Waals surface area contributed by atoms with Gasteiger partial charge in [0.1, 0.15) is 18.1 Å². The van der Waals surface area contributed by atoms with Crippen LogP contribution in [-0.2, 0) is 24.9 Å². The lowest BCUT2D eigenvalue weighted by Gasteiger charge is -2.05. The number of nitrogens with one attached hydrogen (secondary N) is 1. The zero-order valence-electron chi connectivity index (χ0n) is 15.0. The molecule has 3 rings (SSSR count). The number of carbonyl (C=O) groups excluding carboxylic acids is 2. The van der Waals surface area contributed by atoms with E-state index in [1.165, 1.54) is 7.11 Å². The molecule has 0 fully saturated rings. The van der Waals surface area contributed by atoms with Crippen LogP contribution in [0.1, 0.15) is 32.2 Å². The zero-order chi connectivity index (χ0) is 19.2. The van der Waals surface area contributed by atoms with Crippen LogP contribution in [0.4, 0.5) is 0 Å². The first-order valence-corrected chi connectivity index (χ1v) is 8.21. The average Bonchev–Trinajstić information content (AvgIpc) is 3.33. The molecule has 1 amide bonds. The van der Waals surface area contributed by atoms with Gasteiger partial charge in [0, 0.05) is 25.4 Å². The van der Waals surface area contributed by atoms with Crippen LogP contribution in [0.2, 0.25) is 0 Å². The highest BCUT2D eigenvalue weighted by Crippen LogP contribution is 2.16. The molecule has 3 aromatic rings. The van der Waals surface area contributed by atoms with Crippen LogP contribution in [0.15, 0.2) is 53.2 Å². The molecular formula is C19H19N3O5. The van der Waals surface area contributed by atoms with E-state index < -0.39 is 5.97 Å². The first kappa shape index (κ1) is 18.2. The van der Waals surface area contributed by atoms with Gasteiger partial charge in [-0.05, 0) is 36.4 Å². The first-order chi connectivity index (χ1) is 13.0. The van der Waals surface area contributed by atoms with Crippen molar-refractivity contribution in [2.45, 2.75) is 13.2 Å². The number of aryl methyl sites for hydroxylation is 1. The molecule has 140 valence electrons. The van der Waals surface area contributed by atoms with E-state index in [0.29, 0.717) is 23.6 Å². The predicted octanol–water partition coefficient (Wildman–Crippen LogP) is 2.31. The number of hydrogen-bond acceptors (Lipinski definition) is 6. The molecule has 1 N–H and O–H groups in total. The Hall–Kier alpha value is -3.55. The molecule has 0 aliphatic rings. The number of carbonyl (C=O) groups is 2. The van der Waals surface area contributed by atoms with Crippen molar-refractivity contribution in [3.05, 3.63) is 71.4 Å². The second kappa shape index (κ2) is 8.22. The molecule has 0 saturated carbocycles. The largest absolute Gasteiger partial charge is 0.486 e. The van der Waals surface area contributed by atoms with Crippen LogP contribution in [0, 0.1) is 0 Å². The Kier molecular flexibility index (Phi) is 5.55. The van der Waals surface area contributed by atoms with E-state index in [1.807, 2.05) is 13.2 Å². The number of aromatic nitrogens is 2. The number of rotatable bonds is 7. The molecular weight excluding hydrogens is 350 g/mol. The van der Waals surface area contributed by atoms with Gasteiger partial charge in [0.25, 0.3) is 5.91 Å². The van der Waals surface area contributed by atoms with E-state index in [9.17, 15) is 9.59 Å². The van der Waals surface area contributed by atoms with Crippen LogP contribution < -0.4 is 10.1 Å². The normalized spacial score (nSPS) is 10.4. The predicted molar refractivity (Wildman–Crippen MR) is 95.2 cm³/mol. The van der Waals surface area contributed by atoms with Crippen molar-refractivity contribution in [1.29, 1.82) is 0 Å². The van der Waals surface area contributed by atoms with E-state index in [1.54, 1.807) is 47.3 Å². The summed E-state index contributed by atoms with van der Waals surface area (Å²) in [6, 6.07) is 9.83. The van der Waals surface area contributed by atoms with Gasteiger partial charge in [-0.1, -0.05) is 0 Å². The smallest absolute Gasteiger partial charge is 0.337 e. The lowest BCUT2D eigenvalue weighted by Crippen LogP contribution is -2.22. The van der Waals surface area contributed by atoms with Gasteiger partial charge in [-0.3, -0.25) is 9.48 Å². The fourth-order valence-electron chi connectivity index (χ4n) is 2.37. The molecule has 8 nitrogen and oxygen atoms in total. The van der Waals surface area contributed by atoms with Crippen molar-refractivity contribution >= 4 is 11.9 Å². The Labute approximate surface area is 155 Å². The maximum atomic E-state index is 12.1. The van der Waals surface area contributed by atoms with Crippen LogP contribution in [-0.4, -0.2) is 28.8 Å². The maximum Gasteiger partial charge on any atom is 0.337 e. The Morgan fingerprint density at radius 2 is 1.96 bits per heavy atom. The summed E-state index contributed by atoms with van der Waals surface area (Å²) in [4.78, 5) is 23.5. The van der Waals surface area contributed by atoms with E-state index in [2.05, 4.69) is 15.2 Å². The van der Waals surface area contributed by atoms with Crippen molar-refractivity contribution in [3.63, 3.8) is 0 Å². The molecule has 2 aromatic heterocycles. The Bertz CT molecular complexity index is 927. The summed E-state index contributed by atoms with van der Waals surface area (Å²) in [5.74, 6) is 0.570. The third-order valence-electron chi connectivity index (χ3n) is 3.75. The molecule has 8 heteroatoms. The maximum absolute atomic E-state index is 12.1. The minimum atomic E-state index is -0.408. The minimum absolute atomic E-state index is 0.160. The molecule has 0 saturated heterocycles. The third kappa shape index (κ3) is 4.75. The molecule has 0 aliphatic carbocycles. The van der Waals surface area contributed by atoms with Crippen molar-refractivity contribution in [3.8, 4) is 5.75 Å².